The molecular formula is C22H28ClNO2S. The molecule has 1 unspecified atom stereocenters. The second kappa shape index (κ2) is 10.0. The predicted molar refractivity (Wildman–Crippen MR) is 116 cm³/mol. The number of amides is 1. The van der Waals surface area contributed by atoms with Gasteiger partial charge in [-0.15, -0.1) is 11.8 Å². The van der Waals surface area contributed by atoms with E-state index in [0.717, 1.165) is 38.8 Å². The Bertz CT molecular complexity index is 792. The minimum Gasteiger partial charge on any atom is -0.496 e. The molecule has 0 aliphatic heterocycles. The third kappa shape index (κ3) is 6.18. The van der Waals surface area contributed by atoms with Crippen LogP contribution in [0.2, 0.25) is 5.02 Å². The van der Waals surface area contributed by atoms with E-state index in [-0.39, 0.29) is 11.9 Å². The highest BCUT2D eigenvalue weighted by molar-refractivity contribution is 7.99. The number of carbonyl (C=O) groups is 1. The van der Waals surface area contributed by atoms with Crippen LogP contribution in [-0.4, -0.2) is 18.8 Å². The minimum atomic E-state index is -0.0484. The average Bonchev–Trinajstić information content (AvgIpc) is 2.61. The molecule has 146 valence electrons. The van der Waals surface area contributed by atoms with Gasteiger partial charge in [0.1, 0.15) is 5.75 Å². The van der Waals surface area contributed by atoms with Gasteiger partial charge in [0.25, 0.3) is 0 Å². The quantitative estimate of drug-likeness (QED) is 0.594. The van der Waals surface area contributed by atoms with E-state index < -0.39 is 0 Å². The maximum atomic E-state index is 12.4. The van der Waals surface area contributed by atoms with Crippen LogP contribution in [0.25, 0.3) is 0 Å². The Balaban J connectivity index is 1.96. The summed E-state index contributed by atoms with van der Waals surface area (Å²) in [6.45, 7) is 8.37. The normalized spacial score (nSPS) is 12.1. The number of carbonyl (C=O) groups excluding carboxylic acids is 1. The predicted octanol–water partition coefficient (Wildman–Crippen LogP) is 5.89. The summed E-state index contributed by atoms with van der Waals surface area (Å²) in [5, 5.41) is 3.84. The van der Waals surface area contributed by atoms with Crippen LogP contribution in [0.3, 0.4) is 0 Å². The molecule has 2 aromatic rings. The van der Waals surface area contributed by atoms with Crippen LogP contribution in [0, 0.1) is 6.92 Å². The number of ether oxygens (including phenoxy) is 1. The smallest absolute Gasteiger partial charge is 0.230 e. The van der Waals surface area contributed by atoms with Gasteiger partial charge in [-0.3, -0.25) is 4.79 Å². The van der Waals surface area contributed by atoms with Gasteiger partial charge in [0.2, 0.25) is 5.91 Å². The molecule has 0 fully saturated rings. The standard InChI is InChI=1S/C22H28ClNO2S/c1-14(2)19-11-20(15(3)9-21(19)26-5)16(4)24-22(25)13-27-12-17-7-6-8-18(23)10-17/h6-11,14,16H,12-13H2,1-5H3,(H,24,25). The number of rotatable bonds is 8. The largest absolute Gasteiger partial charge is 0.496 e. The van der Waals surface area contributed by atoms with Crippen molar-refractivity contribution in [3.63, 3.8) is 0 Å². The van der Waals surface area contributed by atoms with Crippen molar-refractivity contribution in [3.05, 3.63) is 63.7 Å². The van der Waals surface area contributed by atoms with E-state index in [0.29, 0.717) is 11.7 Å². The molecule has 0 saturated carbocycles. The number of thioether (sulfide) groups is 1. The highest BCUT2D eigenvalue weighted by atomic mass is 35.5. The number of nitrogens with one attached hydrogen (secondary N) is 1. The number of benzene rings is 2. The van der Waals surface area contributed by atoms with Crippen LogP contribution in [-0.2, 0) is 10.5 Å². The van der Waals surface area contributed by atoms with Gasteiger partial charge in [0.15, 0.2) is 0 Å². The lowest BCUT2D eigenvalue weighted by Gasteiger charge is -2.21. The first-order chi connectivity index (χ1) is 12.8. The summed E-state index contributed by atoms with van der Waals surface area (Å²) in [4.78, 5) is 12.4. The van der Waals surface area contributed by atoms with Crippen molar-refractivity contribution in [3.8, 4) is 5.75 Å². The highest BCUT2D eigenvalue weighted by Gasteiger charge is 2.16. The molecule has 0 bridgehead atoms. The minimum absolute atomic E-state index is 0.0378. The van der Waals surface area contributed by atoms with E-state index in [9.17, 15) is 4.79 Å². The number of hydrogen-bond donors (Lipinski definition) is 1. The SMILES string of the molecule is COc1cc(C)c(C(C)NC(=O)CSCc2cccc(Cl)c2)cc1C(C)C. The van der Waals surface area contributed by atoms with E-state index in [4.69, 9.17) is 16.3 Å². The number of aryl methyl sites for hydroxylation is 1. The fraction of sp³-hybridized carbons (Fsp3) is 0.409. The van der Waals surface area contributed by atoms with E-state index in [2.05, 4.69) is 38.2 Å². The zero-order valence-electron chi connectivity index (χ0n) is 16.6. The molecule has 1 N–H and O–H groups in total. The van der Waals surface area contributed by atoms with Gasteiger partial charge in [-0.05, 0) is 66.3 Å². The number of halogens is 1. The van der Waals surface area contributed by atoms with Crippen molar-refractivity contribution < 1.29 is 9.53 Å². The van der Waals surface area contributed by atoms with Crippen molar-refractivity contribution in [1.82, 2.24) is 5.32 Å². The van der Waals surface area contributed by atoms with Gasteiger partial charge >= 0.3 is 0 Å². The van der Waals surface area contributed by atoms with Crippen molar-refractivity contribution in [2.75, 3.05) is 12.9 Å². The van der Waals surface area contributed by atoms with E-state index in [1.54, 1.807) is 18.9 Å². The lowest BCUT2D eigenvalue weighted by atomic mass is 9.93. The van der Waals surface area contributed by atoms with Gasteiger partial charge in [0, 0.05) is 10.8 Å². The molecule has 2 aromatic carbocycles. The first kappa shape index (κ1) is 21.6. The van der Waals surface area contributed by atoms with Crippen molar-refractivity contribution >= 4 is 29.3 Å². The summed E-state index contributed by atoms with van der Waals surface area (Å²) >= 11 is 7.58. The van der Waals surface area contributed by atoms with Gasteiger partial charge < -0.3 is 10.1 Å². The summed E-state index contributed by atoms with van der Waals surface area (Å²) in [6, 6.07) is 11.9. The Hall–Kier alpha value is -1.65. The van der Waals surface area contributed by atoms with Crippen LogP contribution in [0.1, 0.15) is 55.0 Å². The van der Waals surface area contributed by atoms with E-state index >= 15 is 0 Å². The zero-order valence-corrected chi connectivity index (χ0v) is 18.2. The molecule has 0 aromatic heterocycles. The van der Waals surface area contributed by atoms with Crippen molar-refractivity contribution in [1.29, 1.82) is 0 Å². The topological polar surface area (TPSA) is 38.3 Å². The van der Waals surface area contributed by atoms with Gasteiger partial charge in [-0.1, -0.05) is 37.6 Å². The zero-order chi connectivity index (χ0) is 20.0. The molecule has 27 heavy (non-hydrogen) atoms. The monoisotopic (exact) mass is 405 g/mol. The Kier molecular flexibility index (Phi) is 8.06. The Morgan fingerprint density at radius 1 is 1.19 bits per heavy atom. The Morgan fingerprint density at radius 2 is 1.93 bits per heavy atom. The van der Waals surface area contributed by atoms with Crippen LogP contribution >= 0.6 is 23.4 Å². The molecular weight excluding hydrogens is 378 g/mol. The van der Waals surface area contributed by atoms with E-state index in [1.165, 1.54) is 0 Å². The van der Waals surface area contributed by atoms with Crippen LogP contribution < -0.4 is 10.1 Å². The molecule has 3 nitrogen and oxygen atoms in total. The molecule has 1 amide bonds. The summed E-state index contributed by atoms with van der Waals surface area (Å²) in [7, 11) is 1.70. The summed E-state index contributed by atoms with van der Waals surface area (Å²) < 4.78 is 5.51. The second-order valence-corrected chi connectivity index (χ2v) is 8.44. The molecule has 0 saturated heterocycles. The Morgan fingerprint density at radius 3 is 2.56 bits per heavy atom. The summed E-state index contributed by atoms with van der Waals surface area (Å²) in [5.74, 6) is 2.48. The second-order valence-electron chi connectivity index (χ2n) is 7.02. The van der Waals surface area contributed by atoms with Gasteiger partial charge in [-0.25, -0.2) is 0 Å². The third-order valence-corrected chi connectivity index (χ3v) is 5.71. The third-order valence-electron chi connectivity index (χ3n) is 4.48. The molecule has 0 spiro atoms. The first-order valence-corrected chi connectivity index (χ1v) is 10.6. The summed E-state index contributed by atoms with van der Waals surface area (Å²) in [5.41, 5.74) is 4.54. The van der Waals surface area contributed by atoms with Crippen LogP contribution in [0.5, 0.6) is 5.75 Å². The lowest BCUT2D eigenvalue weighted by molar-refractivity contribution is -0.119. The van der Waals surface area contributed by atoms with Crippen LogP contribution in [0.4, 0.5) is 0 Å². The fourth-order valence-electron chi connectivity index (χ4n) is 3.06. The van der Waals surface area contributed by atoms with Crippen LogP contribution in [0.15, 0.2) is 36.4 Å². The molecule has 2 rings (SSSR count). The fourth-order valence-corrected chi connectivity index (χ4v) is 4.06. The molecule has 0 heterocycles. The van der Waals surface area contributed by atoms with Gasteiger partial charge in [0.05, 0.1) is 18.9 Å². The molecule has 0 aliphatic rings. The van der Waals surface area contributed by atoms with Gasteiger partial charge in [-0.2, -0.15) is 0 Å². The maximum absolute atomic E-state index is 12.4. The molecule has 0 radical (unpaired) electrons. The number of methoxy groups -OCH3 is 1. The van der Waals surface area contributed by atoms with E-state index in [1.807, 2.05) is 31.2 Å². The van der Waals surface area contributed by atoms with Crippen molar-refractivity contribution in [2.24, 2.45) is 0 Å². The van der Waals surface area contributed by atoms with Crippen molar-refractivity contribution in [2.45, 2.75) is 45.4 Å². The maximum Gasteiger partial charge on any atom is 0.230 e. The molecule has 1 atom stereocenters. The highest BCUT2D eigenvalue weighted by Crippen LogP contribution is 2.32. The molecule has 0 aliphatic carbocycles. The molecule has 5 heteroatoms. The number of hydrogen-bond acceptors (Lipinski definition) is 3. The lowest BCUT2D eigenvalue weighted by Crippen LogP contribution is -2.28. The Labute approximate surface area is 171 Å². The summed E-state index contributed by atoms with van der Waals surface area (Å²) in [6.07, 6.45) is 0. The first-order valence-electron chi connectivity index (χ1n) is 9.11. The average molecular weight is 406 g/mol.